The lowest BCUT2D eigenvalue weighted by molar-refractivity contribution is -0.114. The molecule has 0 aromatic heterocycles. The summed E-state index contributed by atoms with van der Waals surface area (Å²) in [7, 11) is 3.07. The van der Waals surface area contributed by atoms with Gasteiger partial charge in [0.15, 0.2) is 0 Å². The molecule has 0 aliphatic rings. The van der Waals surface area contributed by atoms with E-state index < -0.39 is 0 Å². The third kappa shape index (κ3) is 4.25. The van der Waals surface area contributed by atoms with Crippen molar-refractivity contribution in [3.05, 3.63) is 53.6 Å². The summed E-state index contributed by atoms with van der Waals surface area (Å²) in [5.74, 6) is 0.724. The van der Waals surface area contributed by atoms with Crippen molar-refractivity contribution >= 4 is 17.5 Å². The minimum Gasteiger partial charge on any atom is -0.496 e. The molecule has 2 N–H and O–H groups in total. The first kappa shape index (κ1) is 17.3. The summed E-state index contributed by atoms with van der Waals surface area (Å²) in [4.78, 5) is 23.5. The topological polar surface area (TPSA) is 76.7 Å². The number of methoxy groups -OCH3 is 2. The van der Waals surface area contributed by atoms with Crippen molar-refractivity contribution in [3.8, 4) is 11.5 Å². The van der Waals surface area contributed by atoms with Gasteiger partial charge in [0.05, 0.1) is 19.8 Å². The van der Waals surface area contributed by atoms with Crippen molar-refractivity contribution in [2.24, 2.45) is 0 Å². The van der Waals surface area contributed by atoms with Gasteiger partial charge in [-0.1, -0.05) is 12.1 Å². The first-order chi connectivity index (χ1) is 11.5. The zero-order chi connectivity index (χ0) is 17.5. The van der Waals surface area contributed by atoms with E-state index in [9.17, 15) is 9.59 Å². The largest absolute Gasteiger partial charge is 0.496 e. The van der Waals surface area contributed by atoms with E-state index in [0.717, 1.165) is 5.56 Å². The molecule has 0 bridgehead atoms. The highest BCUT2D eigenvalue weighted by atomic mass is 16.5. The van der Waals surface area contributed by atoms with Gasteiger partial charge in [-0.05, 0) is 30.3 Å². The SMILES string of the molecule is COc1ccc(NC(C)=O)cc1CNC(=O)c1ccccc1OC. The van der Waals surface area contributed by atoms with E-state index in [0.29, 0.717) is 22.7 Å². The normalized spacial score (nSPS) is 9.96. The van der Waals surface area contributed by atoms with E-state index in [1.807, 2.05) is 0 Å². The summed E-state index contributed by atoms with van der Waals surface area (Å²) in [6.07, 6.45) is 0. The number of para-hydroxylation sites is 1. The number of carbonyl (C=O) groups is 2. The maximum atomic E-state index is 12.4. The monoisotopic (exact) mass is 328 g/mol. The fourth-order valence-electron chi connectivity index (χ4n) is 2.30. The summed E-state index contributed by atoms with van der Waals surface area (Å²) in [5, 5.41) is 5.54. The summed E-state index contributed by atoms with van der Waals surface area (Å²) >= 11 is 0. The van der Waals surface area contributed by atoms with Crippen LogP contribution in [0.25, 0.3) is 0 Å². The molecule has 0 heterocycles. The third-order valence-corrected chi connectivity index (χ3v) is 3.39. The van der Waals surface area contributed by atoms with Crippen LogP contribution in [0.3, 0.4) is 0 Å². The van der Waals surface area contributed by atoms with E-state index in [2.05, 4.69) is 10.6 Å². The average Bonchev–Trinajstić information content (AvgIpc) is 2.59. The number of carbonyl (C=O) groups excluding carboxylic acids is 2. The predicted octanol–water partition coefficient (Wildman–Crippen LogP) is 2.59. The van der Waals surface area contributed by atoms with Crippen molar-refractivity contribution in [2.45, 2.75) is 13.5 Å². The summed E-state index contributed by atoms with van der Waals surface area (Å²) < 4.78 is 10.5. The average molecular weight is 328 g/mol. The molecule has 2 aromatic rings. The van der Waals surface area contributed by atoms with Gasteiger partial charge in [0, 0.05) is 24.7 Å². The highest BCUT2D eigenvalue weighted by Gasteiger charge is 2.12. The molecule has 0 atom stereocenters. The molecule has 0 aliphatic heterocycles. The van der Waals surface area contributed by atoms with Crippen LogP contribution >= 0.6 is 0 Å². The summed E-state index contributed by atoms with van der Waals surface area (Å²) in [5.41, 5.74) is 1.86. The van der Waals surface area contributed by atoms with E-state index in [4.69, 9.17) is 9.47 Å². The van der Waals surface area contributed by atoms with Crippen LogP contribution in [-0.2, 0) is 11.3 Å². The number of anilines is 1. The Labute approximate surface area is 140 Å². The van der Waals surface area contributed by atoms with Crippen molar-refractivity contribution in [2.75, 3.05) is 19.5 Å². The number of amides is 2. The van der Waals surface area contributed by atoms with Crippen LogP contribution in [0.4, 0.5) is 5.69 Å². The van der Waals surface area contributed by atoms with E-state index in [1.54, 1.807) is 49.6 Å². The minimum atomic E-state index is -0.251. The summed E-state index contributed by atoms with van der Waals surface area (Å²) in [6.45, 7) is 1.70. The van der Waals surface area contributed by atoms with Crippen LogP contribution in [0.2, 0.25) is 0 Å². The van der Waals surface area contributed by atoms with Crippen molar-refractivity contribution in [3.63, 3.8) is 0 Å². The van der Waals surface area contributed by atoms with Gasteiger partial charge in [0.25, 0.3) is 5.91 Å². The number of rotatable bonds is 6. The second-order valence-electron chi connectivity index (χ2n) is 5.09. The first-order valence-electron chi connectivity index (χ1n) is 7.41. The number of nitrogens with one attached hydrogen (secondary N) is 2. The Balaban J connectivity index is 2.15. The van der Waals surface area contributed by atoms with Gasteiger partial charge < -0.3 is 20.1 Å². The van der Waals surface area contributed by atoms with Crippen molar-refractivity contribution < 1.29 is 19.1 Å². The maximum Gasteiger partial charge on any atom is 0.255 e. The fourth-order valence-corrected chi connectivity index (χ4v) is 2.30. The van der Waals surface area contributed by atoms with Gasteiger partial charge in [-0.3, -0.25) is 9.59 Å². The Morgan fingerprint density at radius 3 is 2.38 bits per heavy atom. The molecule has 6 nitrogen and oxygen atoms in total. The lowest BCUT2D eigenvalue weighted by Crippen LogP contribution is -2.23. The summed E-state index contributed by atoms with van der Waals surface area (Å²) in [6, 6.07) is 12.3. The molecule has 0 unspecified atom stereocenters. The van der Waals surface area contributed by atoms with Crippen LogP contribution in [-0.4, -0.2) is 26.0 Å². The Morgan fingerprint density at radius 2 is 1.71 bits per heavy atom. The van der Waals surface area contributed by atoms with E-state index >= 15 is 0 Å². The standard InChI is InChI=1S/C18H20N2O4/c1-12(21)20-14-8-9-16(23-2)13(10-14)11-19-18(22)15-6-4-5-7-17(15)24-3/h4-10H,11H2,1-3H3,(H,19,22)(H,20,21). The number of hydrogen-bond donors (Lipinski definition) is 2. The van der Waals surface area contributed by atoms with Crippen LogP contribution in [0.5, 0.6) is 11.5 Å². The first-order valence-corrected chi connectivity index (χ1v) is 7.41. The molecule has 2 rings (SSSR count). The molecule has 126 valence electrons. The Kier molecular flexibility index (Phi) is 5.78. The molecule has 0 aliphatic carbocycles. The van der Waals surface area contributed by atoms with Crippen LogP contribution < -0.4 is 20.1 Å². The molecule has 0 saturated heterocycles. The van der Waals surface area contributed by atoms with Crippen molar-refractivity contribution in [1.29, 1.82) is 0 Å². The molecule has 2 aromatic carbocycles. The second-order valence-corrected chi connectivity index (χ2v) is 5.09. The quantitative estimate of drug-likeness (QED) is 0.854. The van der Waals surface area contributed by atoms with Gasteiger partial charge in [-0.25, -0.2) is 0 Å². The molecular formula is C18H20N2O4. The van der Waals surface area contributed by atoms with Gasteiger partial charge >= 0.3 is 0 Å². The smallest absolute Gasteiger partial charge is 0.255 e. The van der Waals surface area contributed by atoms with Gasteiger partial charge in [0.2, 0.25) is 5.91 Å². The molecule has 24 heavy (non-hydrogen) atoms. The lowest BCUT2D eigenvalue weighted by Gasteiger charge is -2.13. The second kappa shape index (κ2) is 8.01. The lowest BCUT2D eigenvalue weighted by atomic mass is 10.1. The highest BCUT2D eigenvalue weighted by molar-refractivity contribution is 5.97. The van der Waals surface area contributed by atoms with Gasteiger partial charge in [-0.15, -0.1) is 0 Å². The Bertz CT molecular complexity index is 744. The van der Waals surface area contributed by atoms with Crippen LogP contribution in [0.1, 0.15) is 22.8 Å². The molecule has 6 heteroatoms. The minimum absolute atomic E-state index is 0.163. The molecule has 2 amide bonds. The van der Waals surface area contributed by atoms with E-state index in [-0.39, 0.29) is 18.4 Å². The van der Waals surface area contributed by atoms with Gasteiger partial charge in [0.1, 0.15) is 11.5 Å². The molecule has 0 radical (unpaired) electrons. The van der Waals surface area contributed by atoms with Crippen LogP contribution in [0, 0.1) is 0 Å². The fraction of sp³-hybridized carbons (Fsp3) is 0.222. The predicted molar refractivity (Wildman–Crippen MR) is 91.5 cm³/mol. The zero-order valence-electron chi connectivity index (χ0n) is 13.9. The molecular weight excluding hydrogens is 308 g/mol. The highest BCUT2D eigenvalue weighted by Crippen LogP contribution is 2.23. The molecule has 0 fully saturated rings. The Morgan fingerprint density at radius 1 is 1.00 bits per heavy atom. The van der Waals surface area contributed by atoms with E-state index in [1.165, 1.54) is 14.0 Å². The number of hydrogen-bond acceptors (Lipinski definition) is 4. The third-order valence-electron chi connectivity index (χ3n) is 3.39. The maximum absolute atomic E-state index is 12.4. The van der Waals surface area contributed by atoms with Crippen molar-refractivity contribution in [1.82, 2.24) is 5.32 Å². The molecule has 0 spiro atoms. The van der Waals surface area contributed by atoms with Crippen LogP contribution in [0.15, 0.2) is 42.5 Å². The zero-order valence-corrected chi connectivity index (χ0v) is 13.9. The Hall–Kier alpha value is -3.02. The number of benzene rings is 2. The molecule has 0 saturated carbocycles. The van der Waals surface area contributed by atoms with Gasteiger partial charge in [-0.2, -0.15) is 0 Å². The number of ether oxygens (including phenoxy) is 2.